The number of aryl methyl sites for hydroxylation is 1. The molecule has 11 rings (SSSR count). The first-order valence-corrected chi connectivity index (χ1v) is 18.3. The highest BCUT2D eigenvalue weighted by Gasteiger charge is 2.36. The maximum Gasteiger partial charge on any atom is 0.164 e. The van der Waals surface area contributed by atoms with Gasteiger partial charge in [-0.3, -0.25) is 0 Å². The van der Waals surface area contributed by atoms with Crippen LogP contribution in [0.4, 0.5) is 0 Å². The largest absolute Gasteiger partial charge is 0.309 e. The van der Waals surface area contributed by atoms with Crippen LogP contribution in [0.15, 0.2) is 152 Å². The molecular formula is C49H34N4. The Labute approximate surface area is 307 Å². The van der Waals surface area contributed by atoms with Crippen LogP contribution in [0, 0.1) is 6.92 Å². The molecule has 0 unspecified atom stereocenters. The van der Waals surface area contributed by atoms with Crippen molar-refractivity contribution in [3.8, 4) is 39.6 Å². The monoisotopic (exact) mass is 678 g/mol. The quantitative estimate of drug-likeness (QED) is 0.175. The predicted octanol–water partition coefficient (Wildman–Crippen LogP) is 12.4. The summed E-state index contributed by atoms with van der Waals surface area (Å²) in [5.41, 5.74) is 10.8. The smallest absolute Gasteiger partial charge is 0.164 e. The summed E-state index contributed by atoms with van der Waals surface area (Å²) in [5.74, 6) is 2.05. The molecule has 0 amide bonds. The fourth-order valence-electron chi connectivity index (χ4n) is 9.08. The number of rotatable bonds is 3. The van der Waals surface area contributed by atoms with Gasteiger partial charge in [-0.25, -0.2) is 15.0 Å². The van der Waals surface area contributed by atoms with Gasteiger partial charge in [-0.2, -0.15) is 0 Å². The van der Waals surface area contributed by atoms with E-state index in [2.05, 4.69) is 152 Å². The fourth-order valence-corrected chi connectivity index (χ4v) is 9.08. The van der Waals surface area contributed by atoms with Gasteiger partial charge in [-0.15, -0.1) is 0 Å². The Balaban J connectivity index is 1.23. The van der Waals surface area contributed by atoms with Crippen LogP contribution in [0.25, 0.3) is 93.7 Å². The average Bonchev–Trinajstić information content (AvgIpc) is 3.64. The Kier molecular flexibility index (Phi) is 6.19. The van der Waals surface area contributed by atoms with Crippen molar-refractivity contribution in [1.82, 2.24) is 19.5 Å². The molecule has 0 atom stereocenters. The van der Waals surface area contributed by atoms with Gasteiger partial charge in [0.05, 0.1) is 11.0 Å². The van der Waals surface area contributed by atoms with Crippen LogP contribution < -0.4 is 0 Å². The zero-order valence-corrected chi connectivity index (χ0v) is 29.7. The Bertz CT molecular complexity index is 3150. The van der Waals surface area contributed by atoms with Crippen molar-refractivity contribution in [3.05, 3.63) is 169 Å². The number of nitrogens with zero attached hydrogens (tertiary/aromatic N) is 4. The van der Waals surface area contributed by atoms with E-state index in [-0.39, 0.29) is 5.41 Å². The van der Waals surface area contributed by atoms with E-state index in [9.17, 15) is 0 Å². The summed E-state index contributed by atoms with van der Waals surface area (Å²) in [6.07, 6.45) is 0. The normalized spacial score (nSPS) is 13.3. The van der Waals surface area contributed by atoms with Crippen molar-refractivity contribution in [2.24, 2.45) is 0 Å². The van der Waals surface area contributed by atoms with Crippen molar-refractivity contribution < 1.29 is 0 Å². The summed E-state index contributed by atoms with van der Waals surface area (Å²) in [6, 6.07) is 55.1. The van der Waals surface area contributed by atoms with Gasteiger partial charge in [0.25, 0.3) is 0 Å². The van der Waals surface area contributed by atoms with Crippen LogP contribution in [0.2, 0.25) is 0 Å². The van der Waals surface area contributed by atoms with Gasteiger partial charge in [0.2, 0.25) is 0 Å². The summed E-state index contributed by atoms with van der Waals surface area (Å²) in [4.78, 5) is 14.8. The molecule has 1 aliphatic carbocycles. The third kappa shape index (κ3) is 4.27. The summed E-state index contributed by atoms with van der Waals surface area (Å²) in [7, 11) is 0. The highest BCUT2D eigenvalue weighted by Crippen LogP contribution is 2.51. The van der Waals surface area contributed by atoms with Crippen LogP contribution in [0.1, 0.15) is 30.8 Å². The highest BCUT2D eigenvalue weighted by atomic mass is 15.0. The minimum Gasteiger partial charge on any atom is -0.309 e. The SMILES string of the molecule is Cc1nc(-c2ccccc2)nc(-c2cccc3c4ccccc4c4ccc(-n5c6ccccc6c6cc7c(cc65)C(C)(C)c5ccccc5-7)cc4c23)n1. The van der Waals surface area contributed by atoms with Crippen molar-refractivity contribution >= 4 is 54.1 Å². The van der Waals surface area contributed by atoms with Gasteiger partial charge in [-0.05, 0) is 86.4 Å². The molecule has 0 fully saturated rings. The van der Waals surface area contributed by atoms with E-state index >= 15 is 0 Å². The lowest BCUT2D eigenvalue weighted by Crippen LogP contribution is -2.14. The van der Waals surface area contributed by atoms with Crippen LogP contribution >= 0.6 is 0 Å². The van der Waals surface area contributed by atoms with Crippen molar-refractivity contribution in [2.45, 2.75) is 26.2 Å². The summed E-state index contributed by atoms with van der Waals surface area (Å²) < 4.78 is 2.47. The minimum atomic E-state index is -0.101. The maximum atomic E-state index is 5.10. The molecule has 1 aliphatic rings. The Morgan fingerprint density at radius 3 is 1.94 bits per heavy atom. The molecule has 0 aliphatic heterocycles. The number of aromatic nitrogens is 4. The highest BCUT2D eigenvalue weighted by molar-refractivity contribution is 6.28. The molecule has 0 spiro atoms. The Morgan fingerprint density at radius 1 is 0.434 bits per heavy atom. The third-order valence-electron chi connectivity index (χ3n) is 11.5. The van der Waals surface area contributed by atoms with E-state index in [0.29, 0.717) is 17.5 Å². The molecule has 8 aromatic carbocycles. The molecule has 10 aromatic rings. The van der Waals surface area contributed by atoms with E-state index in [4.69, 9.17) is 15.0 Å². The molecule has 4 heteroatoms. The molecule has 0 radical (unpaired) electrons. The molecule has 0 bridgehead atoms. The first-order valence-electron chi connectivity index (χ1n) is 18.3. The van der Waals surface area contributed by atoms with E-state index in [0.717, 1.165) is 22.2 Å². The van der Waals surface area contributed by atoms with E-state index in [1.807, 2.05) is 25.1 Å². The topological polar surface area (TPSA) is 43.6 Å². The minimum absolute atomic E-state index is 0.101. The maximum absolute atomic E-state index is 5.10. The molecule has 0 saturated heterocycles. The molecule has 53 heavy (non-hydrogen) atoms. The van der Waals surface area contributed by atoms with E-state index in [1.54, 1.807) is 0 Å². The summed E-state index contributed by atoms with van der Waals surface area (Å²) >= 11 is 0. The van der Waals surface area contributed by atoms with Gasteiger partial charge in [0.15, 0.2) is 11.6 Å². The zero-order valence-electron chi connectivity index (χ0n) is 29.7. The first-order chi connectivity index (χ1) is 26.0. The lowest BCUT2D eigenvalue weighted by molar-refractivity contribution is 0.661. The number of hydrogen-bond donors (Lipinski definition) is 0. The van der Waals surface area contributed by atoms with Crippen LogP contribution in [-0.2, 0) is 5.41 Å². The Hall–Kier alpha value is -6.65. The van der Waals surface area contributed by atoms with Crippen molar-refractivity contribution in [2.75, 3.05) is 0 Å². The van der Waals surface area contributed by atoms with Crippen LogP contribution in [0.3, 0.4) is 0 Å². The fraction of sp³-hybridized carbons (Fsp3) is 0.0816. The third-order valence-corrected chi connectivity index (χ3v) is 11.5. The molecule has 0 N–H and O–H groups in total. The number of para-hydroxylation sites is 1. The standard InChI is InChI=1S/C49H34N4/c1-29-50-47(30-14-5-4-6-15-30)52-48(51-29)38-21-13-20-37-33-17-8-7-16-32(33)34-25-24-31(26-41(34)46(37)38)53-44-23-12-10-19-36(44)40-27-39-35-18-9-11-22-42(35)49(2,3)43(39)28-45(40)53/h4-28H,1-3H3. The van der Waals surface area contributed by atoms with E-state index < -0.39 is 0 Å². The van der Waals surface area contributed by atoms with Gasteiger partial charge < -0.3 is 4.57 Å². The molecule has 4 nitrogen and oxygen atoms in total. The van der Waals surface area contributed by atoms with Crippen molar-refractivity contribution in [3.63, 3.8) is 0 Å². The molecular weight excluding hydrogens is 645 g/mol. The molecule has 2 heterocycles. The summed E-state index contributed by atoms with van der Waals surface area (Å²) in [5, 5.41) is 9.67. The molecule has 0 saturated carbocycles. The summed E-state index contributed by atoms with van der Waals surface area (Å²) in [6.45, 7) is 6.67. The number of benzene rings is 8. The van der Waals surface area contributed by atoms with Gasteiger partial charge >= 0.3 is 0 Å². The first kappa shape index (κ1) is 30.0. The number of fused-ring (bicyclic) bond motifs is 12. The molecule has 250 valence electrons. The second kappa shape index (κ2) is 10.9. The predicted molar refractivity (Wildman–Crippen MR) is 220 cm³/mol. The number of hydrogen-bond acceptors (Lipinski definition) is 3. The van der Waals surface area contributed by atoms with Crippen molar-refractivity contribution in [1.29, 1.82) is 0 Å². The lowest BCUT2D eigenvalue weighted by atomic mass is 9.82. The van der Waals surface area contributed by atoms with Gasteiger partial charge in [-0.1, -0.05) is 135 Å². The second-order valence-corrected chi connectivity index (χ2v) is 14.8. The van der Waals surface area contributed by atoms with Gasteiger partial charge in [0, 0.05) is 38.4 Å². The van der Waals surface area contributed by atoms with Crippen LogP contribution in [0.5, 0.6) is 0 Å². The second-order valence-electron chi connectivity index (χ2n) is 14.8. The Morgan fingerprint density at radius 2 is 1.09 bits per heavy atom. The van der Waals surface area contributed by atoms with Gasteiger partial charge in [0.1, 0.15) is 5.82 Å². The average molecular weight is 679 g/mol. The lowest BCUT2D eigenvalue weighted by Gasteiger charge is -2.21. The zero-order chi connectivity index (χ0) is 35.4. The molecule has 2 aromatic heterocycles. The van der Waals surface area contributed by atoms with E-state index in [1.165, 1.54) is 71.0 Å². The van der Waals surface area contributed by atoms with Crippen LogP contribution in [-0.4, -0.2) is 19.5 Å².